The minimum Gasteiger partial charge on any atom is -0.390 e. The largest absolute Gasteiger partial charge is 0.416 e. The van der Waals surface area contributed by atoms with Gasteiger partial charge in [0.1, 0.15) is 6.10 Å². The van der Waals surface area contributed by atoms with Crippen molar-refractivity contribution in [3.8, 4) is 0 Å². The second kappa shape index (κ2) is 5.71. The minimum absolute atomic E-state index is 0.166. The van der Waals surface area contributed by atoms with E-state index in [1.54, 1.807) is 0 Å². The molecule has 2 N–H and O–H groups in total. The maximum atomic E-state index is 12.3. The highest BCUT2D eigenvalue weighted by Gasteiger charge is 2.30. The number of hydrogen-bond acceptors (Lipinski definition) is 2. The Morgan fingerprint density at radius 1 is 1.12 bits per heavy atom. The Morgan fingerprint density at radius 2 is 1.65 bits per heavy atom. The van der Waals surface area contributed by atoms with Crippen molar-refractivity contribution in [2.75, 3.05) is 5.88 Å². The third-order valence-electron chi connectivity index (χ3n) is 2.35. The summed E-state index contributed by atoms with van der Waals surface area (Å²) < 4.78 is 36.8. The third-order valence-corrected chi connectivity index (χ3v) is 2.57. The molecule has 0 aliphatic heterocycles. The Morgan fingerprint density at radius 3 is 2.06 bits per heavy atom. The summed E-state index contributed by atoms with van der Waals surface area (Å²) in [6, 6.07) is 4.02. The first-order valence-electron chi connectivity index (χ1n) is 4.95. The van der Waals surface area contributed by atoms with E-state index in [1.807, 2.05) is 0 Å². The fourth-order valence-corrected chi connectivity index (χ4v) is 1.58. The summed E-state index contributed by atoms with van der Waals surface area (Å²) in [6.45, 7) is 0. The minimum atomic E-state index is -4.40. The van der Waals surface area contributed by atoms with Gasteiger partial charge < -0.3 is 10.2 Å². The molecule has 0 amide bonds. The molecule has 17 heavy (non-hydrogen) atoms. The van der Waals surface area contributed by atoms with E-state index >= 15 is 0 Å². The van der Waals surface area contributed by atoms with Crippen molar-refractivity contribution in [1.82, 2.24) is 0 Å². The van der Waals surface area contributed by atoms with Crippen molar-refractivity contribution in [3.63, 3.8) is 0 Å². The van der Waals surface area contributed by atoms with Gasteiger partial charge in [0.15, 0.2) is 0 Å². The van der Waals surface area contributed by atoms with Gasteiger partial charge in [-0.15, -0.1) is 11.6 Å². The van der Waals surface area contributed by atoms with E-state index in [-0.39, 0.29) is 17.9 Å². The highest BCUT2D eigenvalue weighted by molar-refractivity contribution is 6.17. The van der Waals surface area contributed by atoms with Crippen LogP contribution in [-0.4, -0.2) is 22.2 Å². The van der Waals surface area contributed by atoms with Crippen LogP contribution in [0.25, 0.3) is 0 Å². The molecule has 0 saturated carbocycles. The number of benzene rings is 1. The van der Waals surface area contributed by atoms with Gasteiger partial charge in [-0.1, -0.05) is 12.1 Å². The Labute approximate surface area is 102 Å². The van der Waals surface area contributed by atoms with E-state index < -0.39 is 23.9 Å². The summed E-state index contributed by atoms with van der Waals surface area (Å²) in [5, 5.41) is 19.1. The molecule has 0 aliphatic carbocycles. The van der Waals surface area contributed by atoms with Gasteiger partial charge in [0, 0.05) is 5.88 Å². The molecule has 2 unspecified atom stereocenters. The number of aliphatic hydroxyl groups is 2. The van der Waals surface area contributed by atoms with Crippen LogP contribution in [0.2, 0.25) is 0 Å². The van der Waals surface area contributed by atoms with E-state index in [0.717, 1.165) is 24.3 Å². The third kappa shape index (κ3) is 3.87. The molecule has 0 fully saturated rings. The van der Waals surface area contributed by atoms with Gasteiger partial charge in [0.2, 0.25) is 0 Å². The molecule has 0 spiro atoms. The normalized spacial score (nSPS) is 15.6. The first-order valence-corrected chi connectivity index (χ1v) is 5.49. The lowest BCUT2D eigenvalue weighted by Gasteiger charge is -2.17. The van der Waals surface area contributed by atoms with E-state index in [1.165, 1.54) is 0 Å². The number of hydrogen-bond donors (Lipinski definition) is 2. The molecule has 0 bridgehead atoms. The van der Waals surface area contributed by atoms with Crippen molar-refractivity contribution >= 4 is 11.6 Å². The molecule has 1 rings (SSSR count). The second-order valence-corrected chi connectivity index (χ2v) is 3.99. The quantitative estimate of drug-likeness (QED) is 0.825. The molecule has 0 aromatic heterocycles. The molecular weight excluding hydrogens is 257 g/mol. The summed E-state index contributed by atoms with van der Waals surface area (Å²) in [5.41, 5.74) is -0.559. The average molecular weight is 269 g/mol. The van der Waals surface area contributed by atoms with Crippen LogP contribution in [0.5, 0.6) is 0 Å². The van der Waals surface area contributed by atoms with E-state index in [0.29, 0.717) is 0 Å². The zero-order valence-corrected chi connectivity index (χ0v) is 9.54. The number of alkyl halides is 4. The van der Waals surface area contributed by atoms with Crippen molar-refractivity contribution in [2.24, 2.45) is 0 Å². The first-order chi connectivity index (χ1) is 7.86. The average Bonchev–Trinajstić information content (AvgIpc) is 2.27. The molecule has 6 heteroatoms. The molecule has 2 atom stereocenters. The maximum absolute atomic E-state index is 12.3. The molecule has 2 nitrogen and oxygen atoms in total. The topological polar surface area (TPSA) is 40.5 Å². The highest BCUT2D eigenvalue weighted by Crippen LogP contribution is 2.30. The monoisotopic (exact) mass is 268 g/mol. The summed E-state index contributed by atoms with van der Waals surface area (Å²) in [6.07, 6.45) is -6.54. The molecule has 1 aromatic carbocycles. The summed E-state index contributed by atoms with van der Waals surface area (Å²) in [7, 11) is 0. The van der Waals surface area contributed by atoms with Crippen LogP contribution in [0.3, 0.4) is 0 Å². The van der Waals surface area contributed by atoms with Crippen molar-refractivity contribution < 1.29 is 23.4 Å². The van der Waals surface area contributed by atoms with Gasteiger partial charge in [-0.3, -0.25) is 0 Å². The van der Waals surface area contributed by atoms with Gasteiger partial charge in [0.05, 0.1) is 11.7 Å². The zero-order valence-electron chi connectivity index (χ0n) is 8.78. The van der Waals surface area contributed by atoms with Gasteiger partial charge >= 0.3 is 6.18 Å². The molecule has 96 valence electrons. The van der Waals surface area contributed by atoms with E-state index in [2.05, 4.69) is 0 Å². The maximum Gasteiger partial charge on any atom is 0.416 e. The van der Waals surface area contributed by atoms with Crippen LogP contribution < -0.4 is 0 Å². The summed E-state index contributed by atoms with van der Waals surface area (Å²) in [5.74, 6) is 0.166. The lowest BCUT2D eigenvalue weighted by Crippen LogP contribution is -2.18. The van der Waals surface area contributed by atoms with Crippen LogP contribution in [0.1, 0.15) is 23.7 Å². The Bertz CT molecular complexity index is 351. The fourth-order valence-electron chi connectivity index (χ4n) is 1.36. The Balaban J connectivity index is 2.80. The highest BCUT2D eigenvalue weighted by atomic mass is 35.5. The lowest BCUT2D eigenvalue weighted by atomic mass is 10.0. The molecular formula is C11H12ClF3O2. The molecule has 0 heterocycles. The number of aliphatic hydroxyl groups excluding tert-OH is 2. The number of rotatable bonds is 4. The first kappa shape index (κ1) is 14.3. The summed E-state index contributed by atoms with van der Waals surface area (Å²) >= 11 is 5.39. The van der Waals surface area contributed by atoms with Crippen LogP contribution in [-0.2, 0) is 6.18 Å². The smallest absolute Gasteiger partial charge is 0.390 e. The van der Waals surface area contributed by atoms with Crippen LogP contribution >= 0.6 is 11.6 Å². The Kier molecular flexibility index (Phi) is 4.80. The second-order valence-electron chi connectivity index (χ2n) is 3.61. The van der Waals surface area contributed by atoms with E-state index in [9.17, 15) is 23.4 Å². The van der Waals surface area contributed by atoms with Crippen molar-refractivity contribution in [3.05, 3.63) is 35.4 Å². The standard InChI is InChI=1S/C11H12ClF3O2/c12-6-5-9(16)10(17)7-1-3-8(4-2-7)11(13,14)15/h1-4,9-10,16-17H,5-6H2. The van der Waals surface area contributed by atoms with Crippen LogP contribution in [0, 0.1) is 0 Å². The fraction of sp³-hybridized carbons (Fsp3) is 0.455. The molecule has 0 aliphatic rings. The lowest BCUT2D eigenvalue weighted by molar-refractivity contribution is -0.137. The van der Waals surface area contributed by atoms with E-state index in [4.69, 9.17) is 11.6 Å². The van der Waals surface area contributed by atoms with Gasteiger partial charge in [0.25, 0.3) is 0 Å². The predicted octanol–water partition coefficient (Wildman–Crippen LogP) is 2.73. The van der Waals surface area contributed by atoms with Crippen molar-refractivity contribution in [2.45, 2.75) is 24.8 Å². The Hall–Kier alpha value is -0.780. The molecule has 0 saturated heterocycles. The van der Waals surface area contributed by atoms with Crippen molar-refractivity contribution in [1.29, 1.82) is 0 Å². The van der Waals surface area contributed by atoms with Gasteiger partial charge in [-0.05, 0) is 24.1 Å². The molecule has 0 radical (unpaired) electrons. The van der Waals surface area contributed by atoms with Crippen LogP contribution in [0.15, 0.2) is 24.3 Å². The number of halogens is 4. The van der Waals surface area contributed by atoms with Crippen LogP contribution in [0.4, 0.5) is 13.2 Å². The van der Waals surface area contributed by atoms with Gasteiger partial charge in [-0.2, -0.15) is 13.2 Å². The summed E-state index contributed by atoms with van der Waals surface area (Å²) in [4.78, 5) is 0. The zero-order chi connectivity index (χ0) is 13.1. The molecule has 1 aromatic rings. The predicted molar refractivity (Wildman–Crippen MR) is 57.7 cm³/mol. The van der Waals surface area contributed by atoms with Gasteiger partial charge in [-0.25, -0.2) is 0 Å². The SMILES string of the molecule is OC(CCCl)C(O)c1ccc(C(F)(F)F)cc1.